The minimum atomic E-state index is 0.255. The molecule has 0 spiro atoms. The van der Waals surface area contributed by atoms with Crippen molar-refractivity contribution in [3.8, 4) is 0 Å². The van der Waals surface area contributed by atoms with E-state index in [1.54, 1.807) is 0 Å². The molecule has 0 aliphatic rings. The third-order valence-corrected chi connectivity index (χ3v) is 1.85. The summed E-state index contributed by atoms with van der Waals surface area (Å²) < 4.78 is 5.42. The van der Waals surface area contributed by atoms with Crippen molar-refractivity contribution in [2.45, 2.75) is 34.6 Å². The number of ether oxygens (including phenoxy) is 1. The van der Waals surface area contributed by atoms with Gasteiger partial charge >= 0.3 is 0 Å². The van der Waals surface area contributed by atoms with Crippen molar-refractivity contribution in [1.82, 2.24) is 5.32 Å². The molecular weight excluding hydrogens is 162 g/mol. The lowest BCUT2D eigenvalue weighted by Crippen LogP contribution is -2.35. The van der Waals surface area contributed by atoms with Gasteiger partial charge in [-0.1, -0.05) is 27.7 Å². The van der Waals surface area contributed by atoms with Crippen LogP contribution < -0.4 is 5.32 Å². The van der Waals surface area contributed by atoms with E-state index in [2.05, 4.69) is 33.0 Å². The van der Waals surface area contributed by atoms with Gasteiger partial charge in [-0.2, -0.15) is 0 Å². The second-order valence-corrected chi connectivity index (χ2v) is 4.83. The molecule has 1 N–H and O–H groups in total. The lowest BCUT2D eigenvalue weighted by molar-refractivity contribution is 0.0703. The largest absolute Gasteiger partial charge is 0.381 e. The lowest BCUT2D eigenvalue weighted by Gasteiger charge is -2.25. The maximum absolute atomic E-state index is 5.42. The number of rotatable bonds is 7. The van der Waals surface area contributed by atoms with E-state index in [1.165, 1.54) is 0 Å². The van der Waals surface area contributed by atoms with Gasteiger partial charge in [0.1, 0.15) is 0 Å². The maximum Gasteiger partial charge on any atom is 0.0529 e. The third-order valence-electron chi connectivity index (χ3n) is 1.85. The van der Waals surface area contributed by atoms with Crippen molar-refractivity contribution in [3.63, 3.8) is 0 Å². The topological polar surface area (TPSA) is 21.3 Å². The SMILES string of the molecule is CCOCC(C)(C)CNCC(C)C. The predicted molar refractivity (Wildman–Crippen MR) is 58.0 cm³/mol. The fourth-order valence-corrected chi connectivity index (χ4v) is 1.13. The van der Waals surface area contributed by atoms with Crippen molar-refractivity contribution in [2.75, 3.05) is 26.3 Å². The number of hydrogen-bond acceptors (Lipinski definition) is 2. The van der Waals surface area contributed by atoms with E-state index >= 15 is 0 Å². The highest BCUT2D eigenvalue weighted by Gasteiger charge is 2.17. The van der Waals surface area contributed by atoms with Crippen molar-refractivity contribution in [2.24, 2.45) is 11.3 Å². The molecule has 0 aromatic carbocycles. The second kappa shape index (κ2) is 6.39. The van der Waals surface area contributed by atoms with E-state index < -0.39 is 0 Å². The molecule has 0 rings (SSSR count). The molecule has 0 aromatic heterocycles. The summed E-state index contributed by atoms with van der Waals surface area (Å²) in [4.78, 5) is 0. The van der Waals surface area contributed by atoms with Crippen LogP contribution in [0.1, 0.15) is 34.6 Å². The Kier molecular flexibility index (Phi) is 6.35. The van der Waals surface area contributed by atoms with Crippen LogP contribution in [-0.4, -0.2) is 26.3 Å². The quantitative estimate of drug-likeness (QED) is 0.660. The molecule has 0 unspecified atom stereocenters. The van der Waals surface area contributed by atoms with Crippen LogP contribution in [0.4, 0.5) is 0 Å². The highest BCUT2D eigenvalue weighted by atomic mass is 16.5. The van der Waals surface area contributed by atoms with Gasteiger partial charge in [0, 0.05) is 18.6 Å². The molecule has 80 valence electrons. The molecule has 0 heterocycles. The number of nitrogens with one attached hydrogen (secondary N) is 1. The second-order valence-electron chi connectivity index (χ2n) is 4.83. The zero-order chi connectivity index (χ0) is 10.3. The average Bonchev–Trinajstić information content (AvgIpc) is 2.00. The standard InChI is InChI=1S/C11H25NO/c1-6-13-9-11(4,5)8-12-7-10(2)3/h10,12H,6-9H2,1-5H3. The molecule has 0 aromatic rings. The first-order valence-electron chi connectivity index (χ1n) is 5.26. The van der Waals surface area contributed by atoms with E-state index in [1.807, 2.05) is 6.92 Å². The summed E-state index contributed by atoms with van der Waals surface area (Å²) in [5, 5.41) is 3.45. The molecule has 13 heavy (non-hydrogen) atoms. The zero-order valence-corrected chi connectivity index (χ0v) is 9.81. The van der Waals surface area contributed by atoms with E-state index in [0.29, 0.717) is 0 Å². The normalized spacial score (nSPS) is 12.5. The van der Waals surface area contributed by atoms with Gasteiger partial charge in [-0.15, -0.1) is 0 Å². The molecule has 0 aliphatic carbocycles. The summed E-state index contributed by atoms with van der Waals surface area (Å²) in [6.07, 6.45) is 0. The van der Waals surface area contributed by atoms with Crippen LogP contribution in [0.2, 0.25) is 0 Å². The van der Waals surface area contributed by atoms with Gasteiger partial charge in [0.05, 0.1) is 6.61 Å². The van der Waals surface area contributed by atoms with Crippen LogP contribution >= 0.6 is 0 Å². The van der Waals surface area contributed by atoms with E-state index in [0.717, 1.165) is 32.2 Å². The minimum absolute atomic E-state index is 0.255. The van der Waals surface area contributed by atoms with Crippen LogP contribution in [0.15, 0.2) is 0 Å². The molecule has 0 aliphatic heterocycles. The van der Waals surface area contributed by atoms with E-state index in [4.69, 9.17) is 4.74 Å². The lowest BCUT2D eigenvalue weighted by atomic mass is 9.94. The Labute approximate surface area is 83.1 Å². The highest BCUT2D eigenvalue weighted by molar-refractivity contribution is 4.71. The zero-order valence-electron chi connectivity index (χ0n) is 9.81. The Morgan fingerprint density at radius 3 is 2.38 bits per heavy atom. The monoisotopic (exact) mass is 187 g/mol. The molecule has 0 fully saturated rings. The molecule has 0 amide bonds. The Balaban J connectivity index is 3.50. The predicted octanol–water partition coefficient (Wildman–Crippen LogP) is 2.29. The molecule has 0 saturated carbocycles. The van der Waals surface area contributed by atoms with Crippen molar-refractivity contribution in [1.29, 1.82) is 0 Å². The van der Waals surface area contributed by atoms with Gasteiger partial charge < -0.3 is 10.1 Å². The molecule has 0 atom stereocenters. The third kappa shape index (κ3) is 8.26. The fraction of sp³-hybridized carbons (Fsp3) is 1.00. The summed E-state index contributed by atoms with van der Waals surface area (Å²) in [7, 11) is 0. The molecular formula is C11H25NO. The summed E-state index contributed by atoms with van der Waals surface area (Å²) in [6, 6.07) is 0. The van der Waals surface area contributed by atoms with Crippen molar-refractivity contribution < 1.29 is 4.74 Å². The van der Waals surface area contributed by atoms with Crippen LogP contribution in [0, 0.1) is 11.3 Å². The van der Waals surface area contributed by atoms with Crippen LogP contribution in [-0.2, 0) is 4.74 Å². The van der Waals surface area contributed by atoms with Crippen LogP contribution in [0.5, 0.6) is 0 Å². The van der Waals surface area contributed by atoms with E-state index in [-0.39, 0.29) is 5.41 Å². The smallest absolute Gasteiger partial charge is 0.0529 e. The maximum atomic E-state index is 5.42. The highest BCUT2D eigenvalue weighted by Crippen LogP contribution is 2.13. The fourth-order valence-electron chi connectivity index (χ4n) is 1.13. The van der Waals surface area contributed by atoms with Gasteiger partial charge in [-0.05, 0) is 19.4 Å². The Bertz CT molecular complexity index is 121. The van der Waals surface area contributed by atoms with Crippen LogP contribution in [0.3, 0.4) is 0 Å². The molecule has 0 saturated heterocycles. The summed E-state index contributed by atoms with van der Waals surface area (Å²) in [6.45, 7) is 14.7. The molecule has 0 bridgehead atoms. The Hall–Kier alpha value is -0.0800. The van der Waals surface area contributed by atoms with E-state index in [9.17, 15) is 0 Å². The molecule has 0 radical (unpaired) electrons. The average molecular weight is 187 g/mol. The summed E-state index contributed by atoms with van der Waals surface area (Å²) in [5.41, 5.74) is 0.255. The first kappa shape index (κ1) is 12.9. The van der Waals surface area contributed by atoms with Crippen LogP contribution in [0.25, 0.3) is 0 Å². The molecule has 2 nitrogen and oxygen atoms in total. The van der Waals surface area contributed by atoms with Gasteiger partial charge in [-0.3, -0.25) is 0 Å². The van der Waals surface area contributed by atoms with Gasteiger partial charge in [0.15, 0.2) is 0 Å². The summed E-state index contributed by atoms with van der Waals surface area (Å²) >= 11 is 0. The van der Waals surface area contributed by atoms with Crippen molar-refractivity contribution in [3.05, 3.63) is 0 Å². The van der Waals surface area contributed by atoms with Crippen molar-refractivity contribution >= 4 is 0 Å². The minimum Gasteiger partial charge on any atom is -0.381 e. The summed E-state index contributed by atoms with van der Waals surface area (Å²) in [5.74, 6) is 0.725. The Morgan fingerprint density at radius 2 is 1.92 bits per heavy atom. The van der Waals surface area contributed by atoms with Gasteiger partial charge in [0.25, 0.3) is 0 Å². The van der Waals surface area contributed by atoms with Gasteiger partial charge in [0.2, 0.25) is 0 Å². The Morgan fingerprint density at radius 1 is 1.31 bits per heavy atom. The van der Waals surface area contributed by atoms with Gasteiger partial charge in [-0.25, -0.2) is 0 Å². The first-order valence-corrected chi connectivity index (χ1v) is 5.26. The first-order chi connectivity index (χ1) is 5.98. The molecule has 2 heteroatoms. The number of hydrogen-bond donors (Lipinski definition) is 1.